The highest BCUT2D eigenvalue weighted by Crippen LogP contribution is 2.36. The fourth-order valence-electron chi connectivity index (χ4n) is 1.93. The number of ether oxygens (including phenoxy) is 1. The summed E-state index contributed by atoms with van der Waals surface area (Å²) >= 11 is 0. The van der Waals surface area contributed by atoms with E-state index in [1.54, 1.807) is 0 Å². The van der Waals surface area contributed by atoms with Crippen LogP contribution in [0, 0.1) is 0 Å². The Morgan fingerprint density at radius 1 is 1.53 bits per heavy atom. The van der Waals surface area contributed by atoms with Gasteiger partial charge < -0.3 is 20.1 Å². The van der Waals surface area contributed by atoms with Crippen LogP contribution in [0.2, 0.25) is 0 Å². The van der Waals surface area contributed by atoms with Crippen molar-refractivity contribution in [1.29, 1.82) is 0 Å². The highest BCUT2D eigenvalue weighted by molar-refractivity contribution is 5.04. The standard InChI is InChI=1S/C10H13FN2O6/c11-10(4-15)1-6(16)8(19-10)13-2-5(3-14)7(17)12-9(13)18/h2,6,8,14-16H,1,3-4H2,(H,12,17,18)/t6-,8-,10+/m1/s1. The average molecular weight is 276 g/mol. The molecule has 19 heavy (non-hydrogen) atoms. The van der Waals surface area contributed by atoms with Crippen LogP contribution in [0.1, 0.15) is 18.2 Å². The van der Waals surface area contributed by atoms with Crippen LogP contribution in [0.3, 0.4) is 0 Å². The first kappa shape index (κ1) is 13.9. The molecule has 0 amide bonds. The number of H-pyrrole nitrogens is 1. The molecule has 0 aliphatic carbocycles. The Kier molecular flexibility index (Phi) is 3.54. The van der Waals surface area contributed by atoms with Gasteiger partial charge in [-0.15, -0.1) is 0 Å². The van der Waals surface area contributed by atoms with Gasteiger partial charge in [-0.25, -0.2) is 9.18 Å². The van der Waals surface area contributed by atoms with Crippen LogP contribution >= 0.6 is 0 Å². The van der Waals surface area contributed by atoms with Crippen molar-refractivity contribution in [2.45, 2.75) is 31.2 Å². The Morgan fingerprint density at radius 2 is 2.21 bits per heavy atom. The first-order valence-corrected chi connectivity index (χ1v) is 5.51. The molecule has 1 aromatic heterocycles. The molecule has 1 aliphatic rings. The number of aromatic nitrogens is 2. The van der Waals surface area contributed by atoms with Crippen molar-refractivity contribution in [2.24, 2.45) is 0 Å². The van der Waals surface area contributed by atoms with Crippen molar-refractivity contribution in [3.63, 3.8) is 0 Å². The zero-order chi connectivity index (χ0) is 14.2. The van der Waals surface area contributed by atoms with E-state index in [9.17, 15) is 19.1 Å². The number of alkyl halides is 1. The van der Waals surface area contributed by atoms with E-state index in [1.807, 2.05) is 4.98 Å². The lowest BCUT2D eigenvalue weighted by Crippen LogP contribution is -2.37. The van der Waals surface area contributed by atoms with Crippen molar-refractivity contribution in [3.05, 3.63) is 32.6 Å². The fourth-order valence-corrected chi connectivity index (χ4v) is 1.93. The zero-order valence-electron chi connectivity index (χ0n) is 9.74. The highest BCUT2D eigenvalue weighted by Gasteiger charge is 2.47. The van der Waals surface area contributed by atoms with Gasteiger partial charge >= 0.3 is 5.69 Å². The van der Waals surface area contributed by atoms with Gasteiger partial charge in [0.15, 0.2) is 6.23 Å². The number of aliphatic hydroxyl groups is 3. The van der Waals surface area contributed by atoms with E-state index in [0.717, 1.165) is 10.8 Å². The molecular formula is C10H13FN2O6. The molecule has 2 heterocycles. The van der Waals surface area contributed by atoms with E-state index in [-0.39, 0.29) is 5.56 Å². The van der Waals surface area contributed by atoms with E-state index in [1.165, 1.54) is 0 Å². The molecule has 0 spiro atoms. The number of halogens is 1. The van der Waals surface area contributed by atoms with Crippen molar-refractivity contribution < 1.29 is 24.4 Å². The molecule has 1 fully saturated rings. The van der Waals surface area contributed by atoms with Crippen LogP contribution < -0.4 is 11.2 Å². The summed E-state index contributed by atoms with van der Waals surface area (Å²) in [6, 6.07) is 0. The average Bonchev–Trinajstić information content (AvgIpc) is 2.66. The third kappa shape index (κ3) is 2.45. The molecule has 2 rings (SSSR count). The Balaban J connectivity index is 2.43. The van der Waals surface area contributed by atoms with Crippen LogP contribution in [0.5, 0.6) is 0 Å². The number of aliphatic hydroxyl groups excluding tert-OH is 3. The molecule has 0 radical (unpaired) electrons. The van der Waals surface area contributed by atoms with E-state index < -0.39 is 49.1 Å². The lowest BCUT2D eigenvalue weighted by atomic mass is 10.2. The van der Waals surface area contributed by atoms with Crippen LogP contribution in [0.15, 0.2) is 15.8 Å². The van der Waals surface area contributed by atoms with Gasteiger partial charge in [0, 0.05) is 12.6 Å². The van der Waals surface area contributed by atoms with Crippen LogP contribution in [-0.2, 0) is 11.3 Å². The van der Waals surface area contributed by atoms with Crippen LogP contribution in [-0.4, -0.2) is 43.4 Å². The maximum atomic E-state index is 13.8. The predicted octanol–water partition coefficient (Wildman–Crippen LogP) is -2.03. The number of aromatic amines is 1. The zero-order valence-corrected chi connectivity index (χ0v) is 9.74. The smallest absolute Gasteiger partial charge is 0.330 e. The molecule has 106 valence electrons. The molecule has 0 unspecified atom stereocenters. The second kappa shape index (κ2) is 4.85. The molecule has 0 aromatic carbocycles. The van der Waals surface area contributed by atoms with E-state index in [0.29, 0.717) is 0 Å². The summed E-state index contributed by atoms with van der Waals surface area (Å²) in [5, 5.41) is 27.4. The Hall–Kier alpha value is -1.55. The maximum absolute atomic E-state index is 13.8. The van der Waals surface area contributed by atoms with Gasteiger partial charge in [-0.05, 0) is 0 Å². The summed E-state index contributed by atoms with van der Waals surface area (Å²) in [5.74, 6) is -2.45. The van der Waals surface area contributed by atoms with Gasteiger partial charge in [0.05, 0.1) is 12.2 Å². The van der Waals surface area contributed by atoms with Gasteiger partial charge in [-0.3, -0.25) is 14.3 Å². The molecule has 4 N–H and O–H groups in total. The number of hydrogen-bond donors (Lipinski definition) is 4. The quantitative estimate of drug-likeness (QED) is 0.504. The van der Waals surface area contributed by atoms with Crippen molar-refractivity contribution in [1.82, 2.24) is 9.55 Å². The topological polar surface area (TPSA) is 125 Å². The van der Waals surface area contributed by atoms with Crippen LogP contribution in [0.4, 0.5) is 4.39 Å². The van der Waals surface area contributed by atoms with E-state index in [2.05, 4.69) is 0 Å². The monoisotopic (exact) mass is 276 g/mol. The van der Waals surface area contributed by atoms with Gasteiger partial charge in [0.25, 0.3) is 5.56 Å². The second-order valence-corrected chi connectivity index (χ2v) is 4.30. The van der Waals surface area contributed by atoms with Crippen LogP contribution in [0.25, 0.3) is 0 Å². The molecule has 3 atom stereocenters. The van der Waals surface area contributed by atoms with Gasteiger partial charge in [-0.2, -0.15) is 0 Å². The number of hydrogen-bond acceptors (Lipinski definition) is 6. The Bertz CT molecular complexity index is 584. The molecule has 1 aliphatic heterocycles. The molecule has 1 saturated heterocycles. The van der Waals surface area contributed by atoms with E-state index in [4.69, 9.17) is 14.9 Å². The fraction of sp³-hybridized carbons (Fsp3) is 0.600. The third-order valence-electron chi connectivity index (χ3n) is 2.90. The molecule has 0 bridgehead atoms. The summed E-state index contributed by atoms with van der Waals surface area (Å²) < 4.78 is 19.3. The first-order valence-electron chi connectivity index (χ1n) is 5.51. The maximum Gasteiger partial charge on any atom is 0.330 e. The van der Waals surface area contributed by atoms with E-state index >= 15 is 0 Å². The molecule has 8 nitrogen and oxygen atoms in total. The van der Waals surface area contributed by atoms with Gasteiger partial charge in [-0.1, -0.05) is 0 Å². The van der Waals surface area contributed by atoms with Crippen molar-refractivity contribution in [3.8, 4) is 0 Å². The second-order valence-electron chi connectivity index (χ2n) is 4.30. The SMILES string of the molecule is O=c1[nH]c(=O)n([C@@H]2O[C@](F)(CO)C[C@H]2O)cc1CO. The molecule has 9 heteroatoms. The minimum Gasteiger partial charge on any atom is -0.391 e. The molecule has 0 saturated carbocycles. The van der Waals surface area contributed by atoms with Gasteiger partial charge in [0.2, 0.25) is 5.85 Å². The largest absolute Gasteiger partial charge is 0.391 e. The predicted molar refractivity (Wildman–Crippen MR) is 58.9 cm³/mol. The molecular weight excluding hydrogens is 263 g/mol. The number of nitrogens with zero attached hydrogens (tertiary/aromatic N) is 1. The lowest BCUT2D eigenvalue weighted by Gasteiger charge is -2.19. The first-order chi connectivity index (χ1) is 8.90. The summed E-state index contributed by atoms with van der Waals surface area (Å²) in [6.45, 7) is -1.59. The Morgan fingerprint density at radius 3 is 2.74 bits per heavy atom. The summed E-state index contributed by atoms with van der Waals surface area (Å²) in [7, 11) is 0. The summed E-state index contributed by atoms with van der Waals surface area (Å²) in [6.07, 6.45) is -2.27. The normalized spacial score (nSPS) is 30.7. The minimum absolute atomic E-state index is 0.129. The third-order valence-corrected chi connectivity index (χ3v) is 2.90. The minimum atomic E-state index is -2.45. The summed E-state index contributed by atoms with van der Waals surface area (Å²) in [4.78, 5) is 24.8. The molecule has 1 aromatic rings. The Labute approximate surface area is 105 Å². The lowest BCUT2D eigenvalue weighted by molar-refractivity contribution is -0.181. The van der Waals surface area contributed by atoms with Crippen molar-refractivity contribution in [2.75, 3.05) is 6.61 Å². The van der Waals surface area contributed by atoms with Crippen molar-refractivity contribution >= 4 is 0 Å². The van der Waals surface area contributed by atoms with Gasteiger partial charge in [0.1, 0.15) is 12.7 Å². The number of nitrogens with one attached hydrogen (secondary N) is 1. The summed E-state index contributed by atoms with van der Waals surface area (Å²) in [5.41, 5.74) is -1.81. The number of rotatable bonds is 3. The highest BCUT2D eigenvalue weighted by atomic mass is 19.2.